The number of nitrogens with zero attached hydrogens (tertiary/aromatic N) is 2. The Morgan fingerprint density at radius 2 is 2.05 bits per heavy atom. The van der Waals surface area contributed by atoms with Gasteiger partial charge >= 0.3 is 0 Å². The molecule has 1 unspecified atom stereocenters. The van der Waals surface area contributed by atoms with Crippen LogP contribution in [0.15, 0.2) is 24.3 Å². The molecule has 22 heavy (non-hydrogen) atoms. The van der Waals surface area contributed by atoms with Crippen LogP contribution in [0.4, 0.5) is 0 Å². The van der Waals surface area contributed by atoms with Crippen molar-refractivity contribution in [3.05, 3.63) is 30.1 Å². The molecule has 116 valence electrons. The summed E-state index contributed by atoms with van der Waals surface area (Å²) < 4.78 is 5.37. The van der Waals surface area contributed by atoms with Crippen molar-refractivity contribution in [3.8, 4) is 0 Å². The normalized spacial score (nSPS) is 23.3. The van der Waals surface area contributed by atoms with E-state index in [0.717, 1.165) is 49.1 Å². The van der Waals surface area contributed by atoms with E-state index in [1.165, 1.54) is 0 Å². The van der Waals surface area contributed by atoms with Crippen LogP contribution in [0.1, 0.15) is 37.5 Å². The molecule has 2 fully saturated rings. The molecule has 0 saturated carbocycles. The van der Waals surface area contributed by atoms with E-state index in [1.54, 1.807) is 0 Å². The third-order valence-electron chi connectivity index (χ3n) is 4.83. The molecule has 4 rings (SSSR count). The third kappa shape index (κ3) is 2.39. The fourth-order valence-corrected chi connectivity index (χ4v) is 3.62. The minimum absolute atomic E-state index is 0.0998. The van der Waals surface area contributed by atoms with Gasteiger partial charge in [0.15, 0.2) is 0 Å². The lowest BCUT2D eigenvalue weighted by atomic mass is 9.98. The van der Waals surface area contributed by atoms with E-state index < -0.39 is 0 Å². The maximum Gasteiger partial charge on any atom is 0.226 e. The van der Waals surface area contributed by atoms with Gasteiger partial charge in [0.25, 0.3) is 0 Å². The van der Waals surface area contributed by atoms with Crippen molar-refractivity contribution in [1.82, 2.24) is 14.9 Å². The van der Waals surface area contributed by atoms with E-state index in [-0.39, 0.29) is 17.9 Å². The fraction of sp³-hybridized carbons (Fsp3) is 0.529. The number of benzene rings is 1. The Kier molecular flexibility index (Phi) is 3.58. The average Bonchev–Trinajstić information content (AvgIpc) is 3.21. The second-order valence-electron chi connectivity index (χ2n) is 6.22. The van der Waals surface area contributed by atoms with Gasteiger partial charge in [-0.3, -0.25) is 4.79 Å². The van der Waals surface area contributed by atoms with E-state index in [1.807, 2.05) is 29.2 Å². The van der Waals surface area contributed by atoms with Gasteiger partial charge in [-0.1, -0.05) is 12.1 Å². The van der Waals surface area contributed by atoms with E-state index in [4.69, 9.17) is 9.72 Å². The van der Waals surface area contributed by atoms with Crippen LogP contribution < -0.4 is 0 Å². The lowest BCUT2D eigenvalue weighted by Gasteiger charge is -2.29. The number of likely N-dealkylation sites (tertiary alicyclic amines) is 1. The number of rotatable bonds is 2. The van der Waals surface area contributed by atoms with Crippen molar-refractivity contribution >= 4 is 16.9 Å². The van der Waals surface area contributed by atoms with Crippen molar-refractivity contribution < 1.29 is 9.53 Å². The van der Waals surface area contributed by atoms with Gasteiger partial charge in [0, 0.05) is 25.7 Å². The summed E-state index contributed by atoms with van der Waals surface area (Å²) in [5, 5.41) is 0. The molecule has 5 heteroatoms. The number of amides is 1. The summed E-state index contributed by atoms with van der Waals surface area (Å²) in [4.78, 5) is 23.0. The Morgan fingerprint density at radius 1 is 1.23 bits per heavy atom. The number of fused-ring (bicyclic) bond motifs is 1. The predicted octanol–water partition coefficient (Wildman–Crippen LogP) is 2.65. The maximum absolute atomic E-state index is 12.8. The zero-order chi connectivity index (χ0) is 14.9. The molecule has 1 aromatic carbocycles. The highest BCUT2D eigenvalue weighted by Gasteiger charge is 2.35. The molecule has 3 heterocycles. The molecule has 5 nitrogen and oxygen atoms in total. The molecule has 1 N–H and O–H groups in total. The molecule has 0 bridgehead atoms. The largest absolute Gasteiger partial charge is 0.381 e. The molecule has 1 atom stereocenters. The predicted molar refractivity (Wildman–Crippen MR) is 83.3 cm³/mol. The number of nitrogens with one attached hydrogen (secondary N) is 1. The average molecular weight is 299 g/mol. The van der Waals surface area contributed by atoms with E-state index >= 15 is 0 Å². The number of aromatic amines is 1. The van der Waals surface area contributed by atoms with E-state index in [2.05, 4.69) is 4.98 Å². The van der Waals surface area contributed by atoms with E-state index in [0.29, 0.717) is 13.2 Å². The van der Waals surface area contributed by atoms with Crippen molar-refractivity contribution in [3.63, 3.8) is 0 Å². The summed E-state index contributed by atoms with van der Waals surface area (Å²) >= 11 is 0. The highest BCUT2D eigenvalue weighted by atomic mass is 16.5. The van der Waals surface area contributed by atoms with Gasteiger partial charge in [0.1, 0.15) is 5.82 Å². The number of carbonyl (C=O) groups excluding carboxylic acids is 1. The number of hydrogen-bond acceptors (Lipinski definition) is 3. The van der Waals surface area contributed by atoms with Crippen LogP contribution in [0.5, 0.6) is 0 Å². The van der Waals surface area contributed by atoms with Crippen molar-refractivity contribution in [2.45, 2.75) is 31.7 Å². The Hall–Kier alpha value is -1.88. The molecule has 2 aliphatic rings. The molecule has 2 aromatic rings. The summed E-state index contributed by atoms with van der Waals surface area (Å²) in [6.07, 6.45) is 3.75. The molecule has 1 amide bonds. The minimum Gasteiger partial charge on any atom is -0.381 e. The molecule has 1 aromatic heterocycles. The first-order valence-electron chi connectivity index (χ1n) is 8.16. The summed E-state index contributed by atoms with van der Waals surface area (Å²) in [5.74, 6) is 1.34. The molecular formula is C17H21N3O2. The molecule has 0 aliphatic carbocycles. The first kappa shape index (κ1) is 13.8. The maximum atomic E-state index is 12.8. The Bertz CT molecular complexity index is 642. The SMILES string of the molecule is O=C(C1CCOCC1)N1CCCC1c1nc2ccccc2[nH]1. The number of hydrogen-bond donors (Lipinski definition) is 1. The Labute approximate surface area is 129 Å². The number of imidazole rings is 1. The zero-order valence-electron chi connectivity index (χ0n) is 12.6. The van der Waals surface area contributed by atoms with Crippen molar-refractivity contribution in [2.75, 3.05) is 19.8 Å². The van der Waals surface area contributed by atoms with Gasteiger partial charge in [-0.15, -0.1) is 0 Å². The third-order valence-corrected chi connectivity index (χ3v) is 4.83. The second-order valence-corrected chi connectivity index (χ2v) is 6.22. The number of aromatic nitrogens is 2. The topological polar surface area (TPSA) is 58.2 Å². The van der Waals surface area contributed by atoms with Gasteiger partial charge in [0.05, 0.1) is 17.1 Å². The monoisotopic (exact) mass is 299 g/mol. The summed E-state index contributed by atoms with van der Waals surface area (Å²) in [5.41, 5.74) is 2.02. The van der Waals surface area contributed by atoms with Crippen LogP contribution in [-0.4, -0.2) is 40.5 Å². The van der Waals surface area contributed by atoms with Gasteiger partial charge in [-0.25, -0.2) is 4.98 Å². The van der Waals surface area contributed by atoms with Gasteiger partial charge in [-0.2, -0.15) is 0 Å². The summed E-state index contributed by atoms with van der Waals surface area (Å²) in [7, 11) is 0. The summed E-state index contributed by atoms with van der Waals surface area (Å²) in [6, 6.07) is 8.14. The van der Waals surface area contributed by atoms with Crippen molar-refractivity contribution in [1.29, 1.82) is 0 Å². The first-order valence-corrected chi connectivity index (χ1v) is 8.16. The van der Waals surface area contributed by atoms with Crippen molar-refractivity contribution in [2.24, 2.45) is 5.92 Å². The number of H-pyrrole nitrogens is 1. The lowest BCUT2D eigenvalue weighted by molar-refractivity contribution is -0.139. The molecule has 2 saturated heterocycles. The van der Waals surface area contributed by atoms with Gasteiger partial charge in [0.2, 0.25) is 5.91 Å². The Balaban J connectivity index is 1.58. The lowest BCUT2D eigenvalue weighted by Crippen LogP contribution is -2.38. The first-order chi connectivity index (χ1) is 10.8. The quantitative estimate of drug-likeness (QED) is 0.927. The van der Waals surface area contributed by atoms with Crippen LogP contribution in [0, 0.1) is 5.92 Å². The Morgan fingerprint density at radius 3 is 2.86 bits per heavy atom. The van der Waals surface area contributed by atoms with Crippen LogP contribution in [-0.2, 0) is 9.53 Å². The van der Waals surface area contributed by atoms with Crippen LogP contribution in [0.25, 0.3) is 11.0 Å². The highest BCUT2D eigenvalue weighted by Crippen LogP contribution is 2.33. The van der Waals surface area contributed by atoms with Crippen LogP contribution in [0.3, 0.4) is 0 Å². The van der Waals surface area contributed by atoms with Gasteiger partial charge < -0.3 is 14.6 Å². The molecule has 2 aliphatic heterocycles. The smallest absolute Gasteiger partial charge is 0.226 e. The molecule has 0 spiro atoms. The number of ether oxygens (including phenoxy) is 1. The number of carbonyl (C=O) groups is 1. The minimum atomic E-state index is 0.0998. The standard InChI is InChI=1S/C17H21N3O2/c21-17(12-7-10-22-11-8-12)20-9-3-6-15(20)16-18-13-4-1-2-5-14(13)19-16/h1-2,4-5,12,15H,3,6-11H2,(H,18,19). The fourth-order valence-electron chi connectivity index (χ4n) is 3.62. The second kappa shape index (κ2) is 5.72. The number of para-hydroxylation sites is 2. The summed E-state index contributed by atoms with van der Waals surface area (Å²) in [6.45, 7) is 2.26. The molecular weight excluding hydrogens is 278 g/mol. The van der Waals surface area contributed by atoms with E-state index in [9.17, 15) is 4.79 Å². The van der Waals surface area contributed by atoms with Crippen LogP contribution >= 0.6 is 0 Å². The van der Waals surface area contributed by atoms with Gasteiger partial charge in [-0.05, 0) is 37.8 Å². The highest BCUT2D eigenvalue weighted by molar-refractivity contribution is 5.80. The zero-order valence-corrected chi connectivity index (χ0v) is 12.6. The van der Waals surface area contributed by atoms with Crippen LogP contribution in [0.2, 0.25) is 0 Å². The molecule has 0 radical (unpaired) electrons.